The Hall–Kier alpha value is -4.79. The van der Waals surface area contributed by atoms with Gasteiger partial charge >= 0.3 is 5.91 Å². The van der Waals surface area contributed by atoms with Crippen molar-refractivity contribution in [2.24, 2.45) is 0 Å². The van der Waals surface area contributed by atoms with E-state index in [0.717, 1.165) is 11.3 Å². The van der Waals surface area contributed by atoms with E-state index in [0.29, 0.717) is 23.3 Å². The molecule has 0 fully saturated rings. The molecule has 1 amide bonds. The number of fused-ring (bicyclic) bond motifs is 1. The van der Waals surface area contributed by atoms with Gasteiger partial charge in [0.2, 0.25) is 11.8 Å². The molecule has 0 atom stereocenters. The van der Waals surface area contributed by atoms with Gasteiger partial charge in [-0.2, -0.15) is 0 Å². The van der Waals surface area contributed by atoms with Crippen LogP contribution in [0, 0.1) is 0 Å². The largest absolute Gasteiger partial charge is 0.309 e. The number of benzene rings is 3. The van der Waals surface area contributed by atoms with Crippen molar-refractivity contribution in [3.05, 3.63) is 101 Å². The number of hydrogen-bond acceptors (Lipinski definition) is 6. The number of nitrogens with zero attached hydrogens (tertiary/aromatic N) is 5. The van der Waals surface area contributed by atoms with Crippen LogP contribution in [-0.4, -0.2) is 30.2 Å². The van der Waals surface area contributed by atoms with Gasteiger partial charge in [0, 0.05) is 12.1 Å². The Labute approximate surface area is 194 Å². The summed E-state index contributed by atoms with van der Waals surface area (Å²) in [5, 5.41) is 4.95. The Bertz CT molecular complexity index is 1470. The molecule has 168 valence electrons. The van der Waals surface area contributed by atoms with E-state index in [-0.39, 0.29) is 17.3 Å². The fourth-order valence-corrected chi connectivity index (χ4v) is 3.66. The molecular weight excluding hydrogens is 430 g/mol. The highest BCUT2D eigenvalue weighted by atomic mass is 16.2. The summed E-state index contributed by atoms with van der Waals surface area (Å²) in [4.78, 5) is 34.7. The summed E-state index contributed by atoms with van der Waals surface area (Å²) in [6, 6.07) is 26.1. The second-order valence-electron chi connectivity index (χ2n) is 7.45. The first-order valence-corrected chi connectivity index (χ1v) is 10.8. The lowest BCUT2D eigenvalue weighted by Crippen LogP contribution is -2.35. The van der Waals surface area contributed by atoms with Crippen LogP contribution in [0.4, 0.5) is 5.95 Å². The standard InChI is InChI=1S/C25H21N7O2/c1-2-31-24(34)19-15-9-10-16-20(19)26-25(31)29-28-23(33)21-27-22(17-11-5-3-6-12-17)32(30-21)18-13-7-4-8-14-18/h3-16H,2H2,1H3,(H,26,29)(H,28,33). The highest BCUT2D eigenvalue weighted by molar-refractivity contribution is 5.91. The number of carbonyl (C=O) groups excluding carboxylic acids is 1. The number of anilines is 1. The average Bonchev–Trinajstić information content (AvgIpc) is 3.34. The van der Waals surface area contributed by atoms with Gasteiger partial charge in [-0.05, 0) is 31.2 Å². The van der Waals surface area contributed by atoms with E-state index in [1.807, 2.05) is 67.6 Å². The number of para-hydroxylation sites is 2. The van der Waals surface area contributed by atoms with Gasteiger partial charge in [-0.15, -0.1) is 5.10 Å². The molecule has 0 radical (unpaired) electrons. The zero-order chi connectivity index (χ0) is 23.5. The van der Waals surface area contributed by atoms with Crippen molar-refractivity contribution in [3.8, 4) is 17.1 Å². The highest BCUT2D eigenvalue weighted by Crippen LogP contribution is 2.21. The predicted octanol–water partition coefficient (Wildman–Crippen LogP) is 3.42. The molecule has 0 aliphatic heterocycles. The van der Waals surface area contributed by atoms with E-state index in [9.17, 15) is 9.59 Å². The molecule has 0 aliphatic rings. The van der Waals surface area contributed by atoms with Gasteiger partial charge in [-0.25, -0.2) is 14.6 Å². The molecular formula is C25H21N7O2. The molecule has 5 rings (SSSR count). The number of aromatic nitrogens is 5. The third-order valence-corrected chi connectivity index (χ3v) is 5.31. The van der Waals surface area contributed by atoms with E-state index in [2.05, 4.69) is 25.9 Å². The van der Waals surface area contributed by atoms with Gasteiger partial charge < -0.3 is 0 Å². The lowest BCUT2D eigenvalue weighted by molar-refractivity contribution is 0.0952. The number of carbonyl (C=O) groups is 1. The Morgan fingerprint density at radius 1 is 0.882 bits per heavy atom. The normalized spacial score (nSPS) is 10.9. The van der Waals surface area contributed by atoms with Crippen LogP contribution in [0.25, 0.3) is 28.0 Å². The molecule has 2 aromatic heterocycles. The van der Waals surface area contributed by atoms with Gasteiger partial charge in [0.05, 0.1) is 16.6 Å². The molecule has 2 heterocycles. The van der Waals surface area contributed by atoms with Crippen LogP contribution in [0.5, 0.6) is 0 Å². The Kier molecular flexibility index (Phi) is 5.57. The molecule has 0 bridgehead atoms. The van der Waals surface area contributed by atoms with Crippen molar-refractivity contribution in [2.45, 2.75) is 13.5 Å². The molecule has 9 heteroatoms. The molecule has 2 N–H and O–H groups in total. The first-order valence-electron chi connectivity index (χ1n) is 10.8. The van der Waals surface area contributed by atoms with E-state index in [1.165, 1.54) is 4.57 Å². The number of nitrogens with one attached hydrogen (secondary N) is 2. The molecule has 9 nitrogen and oxygen atoms in total. The van der Waals surface area contributed by atoms with Crippen molar-refractivity contribution in [3.63, 3.8) is 0 Å². The molecule has 0 saturated carbocycles. The van der Waals surface area contributed by atoms with E-state index < -0.39 is 5.91 Å². The second kappa shape index (κ2) is 8.99. The minimum absolute atomic E-state index is 0.0265. The fourth-order valence-electron chi connectivity index (χ4n) is 3.66. The van der Waals surface area contributed by atoms with E-state index in [4.69, 9.17) is 0 Å². The average molecular weight is 451 g/mol. The minimum Gasteiger partial charge on any atom is -0.277 e. The summed E-state index contributed by atoms with van der Waals surface area (Å²) >= 11 is 0. The lowest BCUT2D eigenvalue weighted by Gasteiger charge is -2.13. The molecule has 5 aromatic rings. The van der Waals surface area contributed by atoms with Crippen LogP contribution in [-0.2, 0) is 6.54 Å². The molecule has 0 unspecified atom stereocenters. The van der Waals surface area contributed by atoms with Gasteiger partial charge in [0.15, 0.2) is 5.82 Å². The third-order valence-electron chi connectivity index (χ3n) is 5.31. The number of rotatable bonds is 6. The quantitative estimate of drug-likeness (QED) is 0.383. The maximum absolute atomic E-state index is 13.0. The Morgan fingerprint density at radius 3 is 2.29 bits per heavy atom. The topological polar surface area (TPSA) is 107 Å². The first-order chi connectivity index (χ1) is 16.7. The van der Waals surface area contributed by atoms with Crippen molar-refractivity contribution in [1.82, 2.24) is 29.7 Å². The maximum atomic E-state index is 13.0. The smallest absolute Gasteiger partial charge is 0.277 e. The molecule has 0 saturated heterocycles. The third kappa shape index (κ3) is 3.90. The van der Waals surface area contributed by atoms with Crippen LogP contribution in [0.15, 0.2) is 89.7 Å². The highest BCUT2D eigenvalue weighted by Gasteiger charge is 2.19. The summed E-state index contributed by atoms with van der Waals surface area (Å²) in [6.07, 6.45) is 0. The monoisotopic (exact) mass is 451 g/mol. The van der Waals surface area contributed by atoms with Crippen LogP contribution < -0.4 is 16.4 Å². The molecule has 0 aliphatic carbocycles. The summed E-state index contributed by atoms with van der Waals surface area (Å²) < 4.78 is 3.08. The van der Waals surface area contributed by atoms with Crippen LogP contribution in [0.2, 0.25) is 0 Å². The van der Waals surface area contributed by atoms with E-state index >= 15 is 0 Å². The minimum atomic E-state index is -0.558. The predicted molar refractivity (Wildman–Crippen MR) is 130 cm³/mol. The van der Waals surface area contributed by atoms with Crippen LogP contribution >= 0.6 is 0 Å². The number of amides is 1. The fraction of sp³-hybridized carbons (Fsp3) is 0.0800. The SMILES string of the molecule is CCn1c(NNC(=O)c2nc(-c3ccccc3)n(-c3ccccc3)n2)nc2ccccc2c1=O. The Morgan fingerprint density at radius 2 is 1.56 bits per heavy atom. The van der Waals surface area contributed by atoms with Crippen molar-refractivity contribution >= 4 is 22.8 Å². The van der Waals surface area contributed by atoms with Crippen LogP contribution in [0.3, 0.4) is 0 Å². The summed E-state index contributed by atoms with van der Waals surface area (Å²) in [6.45, 7) is 2.22. The van der Waals surface area contributed by atoms with Gasteiger partial charge in [-0.1, -0.05) is 60.7 Å². The van der Waals surface area contributed by atoms with Crippen molar-refractivity contribution < 1.29 is 4.79 Å². The second-order valence-corrected chi connectivity index (χ2v) is 7.45. The number of hydrazine groups is 1. The molecule has 3 aromatic carbocycles. The van der Waals surface area contributed by atoms with Gasteiger partial charge in [0.25, 0.3) is 5.56 Å². The zero-order valence-electron chi connectivity index (χ0n) is 18.3. The summed E-state index contributed by atoms with van der Waals surface area (Å²) in [7, 11) is 0. The first kappa shape index (κ1) is 21.1. The zero-order valence-corrected chi connectivity index (χ0v) is 18.3. The van der Waals surface area contributed by atoms with Crippen LogP contribution in [0.1, 0.15) is 17.5 Å². The van der Waals surface area contributed by atoms with Gasteiger partial charge in [0.1, 0.15) is 0 Å². The Balaban J connectivity index is 1.47. The summed E-state index contributed by atoms with van der Waals surface area (Å²) in [5.41, 5.74) is 7.28. The van der Waals surface area contributed by atoms with E-state index in [1.54, 1.807) is 28.9 Å². The number of hydrogen-bond donors (Lipinski definition) is 2. The van der Waals surface area contributed by atoms with Crippen molar-refractivity contribution in [1.29, 1.82) is 0 Å². The van der Waals surface area contributed by atoms with Crippen molar-refractivity contribution in [2.75, 3.05) is 5.43 Å². The molecule has 34 heavy (non-hydrogen) atoms. The van der Waals surface area contributed by atoms with Gasteiger partial charge in [-0.3, -0.25) is 25.0 Å². The summed E-state index contributed by atoms with van der Waals surface area (Å²) in [5.74, 6) is 0.176. The maximum Gasteiger partial charge on any atom is 0.309 e. The molecule has 0 spiro atoms. The lowest BCUT2D eigenvalue weighted by atomic mass is 10.2.